The third-order valence-electron chi connectivity index (χ3n) is 6.50. The van der Waals surface area contributed by atoms with Gasteiger partial charge in [-0.05, 0) is 55.7 Å². The molecule has 198 valence electrons. The van der Waals surface area contributed by atoms with Crippen LogP contribution in [0.2, 0.25) is 0 Å². The quantitative estimate of drug-likeness (QED) is 0.486. The van der Waals surface area contributed by atoms with E-state index >= 15 is 0 Å². The van der Waals surface area contributed by atoms with Crippen LogP contribution in [0.15, 0.2) is 120 Å². The number of rotatable bonds is 7. The van der Waals surface area contributed by atoms with E-state index in [2.05, 4.69) is 66.7 Å². The molecule has 2 heterocycles. The molecule has 6 heteroatoms. The summed E-state index contributed by atoms with van der Waals surface area (Å²) in [5, 5.41) is 3.36. The molecular formula is C32H40N4O2+2. The summed E-state index contributed by atoms with van der Waals surface area (Å²) in [6, 6.07) is 15.9. The number of anilines is 1. The van der Waals surface area contributed by atoms with Crippen molar-refractivity contribution >= 4 is 11.4 Å². The molecule has 1 atom stereocenters. The first kappa shape index (κ1) is 27.0. The summed E-state index contributed by atoms with van der Waals surface area (Å²) < 4.78 is 11.9. The van der Waals surface area contributed by atoms with E-state index in [1.807, 2.05) is 68.5 Å². The fraction of sp³-hybridized carbons (Fsp3) is 0.250. The number of benzene rings is 2. The maximum Gasteiger partial charge on any atom is 0.198 e. The minimum Gasteiger partial charge on any atom is -0.483 e. The third-order valence-corrected chi connectivity index (χ3v) is 6.50. The Kier molecular flexibility index (Phi) is 9.25. The van der Waals surface area contributed by atoms with Crippen molar-refractivity contribution in [2.75, 3.05) is 26.0 Å². The van der Waals surface area contributed by atoms with Gasteiger partial charge in [0.25, 0.3) is 0 Å². The van der Waals surface area contributed by atoms with Crippen LogP contribution in [0.25, 0.3) is 0 Å². The lowest BCUT2D eigenvalue weighted by atomic mass is 9.90. The van der Waals surface area contributed by atoms with Crippen molar-refractivity contribution in [1.29, 1.82) is 0 Å². The van der Waals surface area contributed by atoms with Gasteiger partial charge in [-0.15, -0.1) is 0 Å². The van der Waals surface area contributed by atoms with Gasteiger partial charge in [-0.1, -0.05) is 44.2 Å². The van der Waals surface area contributed by atoms with E-state index in [4.69, 9.17) is 9.47 Å². The zero-order valence-electron chi connectivity index (χ0n) is 23.0. The van der Waals surface area contributed by atoms with Gasteiger partial charge in [0.2, 0.25) is 0 Å². The topological polar surface area (TPSA) is 65.8 Å². The summed E-state index contributed by atoms with van der Waals surface area (Å²) in [5.41, 5.74) is 11.1. The molecule has 38 heavy (non-hydrogen) atoms. The predicted octanol–water partition coefficient (Wildman–Crippen LogP) is 5.05. The van der Waals surface area contributed by atoms with E-state index in [1.54, 1.807) is 0 Å². The van der Waals surface area contributed by atoms with E-state index in [0.717, 1.165) is 48.0 Å². The van der Waals surface area contributed by atoms with Crippen LogP contribution in [0.5, 0.6) is 11.5 Å². The molecule has 2 aromatic rings. The molecule has 0 saturated carbocycles. The third kappa shape index (κ3) is 6.46. The lowest BCUT2D eigenvalue weighted by molar-refractivity contribution is -0.741. The van der Waals surface area contributed by atoms with Crippen molar-refractivity contribution in [2.45, 2.75) is 33.1 Å². The normalized spacial score (nSPS) is 20.1. The van der Waals surface area contributed by atoms with Gasteiger partial charge in [-0.2, -0.15) is 0 Å². The van der Waals surface area contributed by atoms with Crippen molar-refractivity contribution in [2.24, 2.45) is 0 Å². The minimum atomic E-state index is 0.506. The largest absolute Gasteiger partial charge is 0.483 e. The van der Waals surface area contributed by atoms with Crippen LogP contribution < -0.4 is 25.4 Å². The zero-order chi connectivity index (χ0) is 26.9. The molecule has 0 saturated heterocycles. The van der Waals surface area contributed by atoms with E-state index in [9.17, 15) is 0 Å². The van der Waals surface area contributed by atoms with Gasteiger partial charge in [0.1, 0.15) is 24.7 Å². The van der Waals surface area contributed by atoms with E-state index in [1.165, 1.54) is 27.4 Å². The fourth-order valence-corrected chi connectivity index (χ4v) is 4.65. The summed E-state index contributed by atoms with van der Waals surface area (Å²) in [5.74, 6) is 2.44. The highest BCUT2D eigenvalue weighted by Crippen LogP contribution is 2.33. The van der Waals surface area contributed by atoms with Crippen molar-refractivity contribution in [3.63, 3.8) is 0 Å². The molecule has 6 nitrogen and oxygen atoms in total. The van der Waals surface area contributed by atoms with Crippen molar-refractivity contribution < 1.29 is 20.1 Å². The Hall–Kier alpha value is -4.00. The highest BCUT2D eigenvalue weighted by molar-refractivity contribution is 5.64. The number of hydrogen-bond acceptors (Lipinski definition) is 4. The highest BCUT2D eigenvalue weighted by Gasteiger charge is 2.27. The molecule has 0 amide bonds. The molecule has 2 aromatic carbocycles. The first-order valence-corrected chi connectivity index (χ1v) is 13.4. The number of hydrogen-bond donors (Lipinski definition) is 3. The van der Waals surface area contributed by atoms with Gasteiger partial charge in [0.05, 0.1) is 11.4 Å². The Balaban J connectivity index is 0.00000164. The first-order valence-electron chi connectivity index (χ1n) is 13.4. The van der Waals surface area contributed by atoms with Gasteiger partial charge in [-0.25, -0.2) is 4.90 Å². The first-order chi connectivity index (χ1) is 18.6. The standard InChI is InChI=1S/C30H32N4O2.C2H6/c1-33(2)24-18-19-34(21-24)30-22(11-8-20-35-27-14-5-3-12-25(27)31)9-7-10-23(30)16-17-29-32-26-13-4-6-15-28(26)36-29;1-2/h3-6,8,11-19,21,32H,7,9-10,20,31H2,1-2H3;1-2H3/p+2/b11-8+,23-16+,29-17-;. The number of ether oxygens (including phenoxy) is 2. The molecule has 0 radical (unpaired) electrons. The molecule has 1 unspecified atom stereocenters. The minimum absolute atomic E-state index is 0.506. The van der Waals surface area contributed by atoms with Crippen molar-refractivity contribution in [3.05, 3.63) is 120 Å². The fourth-order valence-electron chi connectivity index (χ4n) is 4.65. The maximum absolute atomic E-state index is 5.98. The Morgan fingerprint density at radius 3 is 2.61 bits per heavy atom. The van der Waals surface area contributed by atoms with Crippen LogP contribution in [-0.4, -0.2) is 25.6 Å². The molecule has 1 aliphatic carbocycles. The average Bonchev–Trinajstić information content (AvgIpc) is 3.59. The van der Waals surface area contributed by atoms with Crippen LogP contribution in [-0.2, 0) is 0 Å². The van der Waals surface area contributed by atoms with Crippen LogP contribution in [0.4, 0.5) is 11.4 Å². The summed E-state index contributed by atoms with van der Waals surface area (Å²) in [6.07, 6.45) is 18.4. The van der Waals surface area contributed by atoms with E-state index < -0.39 is 0 Å². The average molecular weight is 513 g/mol. The van der Waals surface area contributed by atoms with Gasteiger partial charge in [0.15, 0.2) is 23.1 Å². The van der Waals surface area contributed by atoms with Crippen molar-refractivity contribution in [3.8, 4) is 11.5 Å². The van der Waals surface area contributed by atoms with Crippen LogP contribution in [0.3, 0.4) is 0 Å². The second kappa shape index (κ2) is 13.0. The SMILES string of the molecule is CC.CN(C)C1=C[NH+](C2=C(/C=C/COc3ccccc3[NH3+])CCC/C2=C\C=C2\Nc3ccccc3O2)C=C1. The number of likely N-dealkylation sites (N-methyl/N-ethyl adjacent to an activating group) is 1. The van der Waals surface area contributed by atoms with Gasteiger partial charge in [0, 0.05) is 37.4 Å². The molecule has 3 aliphatic rings. The molecule has 0 bridgehead atoms. The van der Waals surface area contributed by atoms with E-state index in [0.29, 0.717) is 6.61 Å². The predicted molar refractivity (Wildman–Crippen MR) is 155 cm³/mol. The highest BCUT2D eigenvalue weighted by atomic mass is 16.5. The smallest absolute Gasteiger partial charge is 0.198 e. The molecule has 0 fully saturated rings. The Labute approximate surface area is 226 Å². The molecule has 0 spiro atoms. The summed E-state index contributed by atoms with van der Waals surface area (Å²) in [4.78, 5) is 3.39. The Morgan fingerprint density at radius 2 is 1.84 bits per heavy atom. The lowest BCUT2D eigenvalue weighted by Gasteiger charge is -2.22. The van der Waals surface area contributed by atoms with Gasteiger partial charge >= 0.3 is 0 Å². The number of nitrogens with zero attached hydrogens (tertiary/aromatic N) is 1. The molecule has 0 aromatic heterocycles. The number of fused-ring (bicyclic) bond motifs is 1. The number of allylic oxidation sites excluding steroid dienone is 6. The molecule has 2 aliphatic heterocycles. The van der Waals surface area contributed by atoms with Gasteiger partial charge < -0.3 is 25.4 Å². The molecule has 5 rings (SSSR count). The van der Waals surface area contributed by atoms with E-state index in [-0.39, 0.29) is 0 Å². The number of para-hydroxylation sites is 3. The van der Waals surface area contributed by atoms with Gasteiger partial charge in [-0.3, -0.25) is 0 Å². The second-order valence-electron chi connectivity index (χ2n) is 9.27. The number of nitrogens with one attached hydrogen (secondary N) is 2. The monoisotopic (exact) mass is 512 g/mol. The lowest BCUT2D eigenvalue weighted by Crippen LogP contribution is -3.00. The zero-order valence-corrected chi connectivity index (χ0v) is 23.0. The van der Waals surface area contributed by atoms with Crippen molar-refractivity contribution in [1.82, 2.24) is 4.90 Å². The number of quaternary nitrogens is 2. The second-order valence-corrected chi connectivity index (χ2v) is 9.27. The van der Waals surface area contributed by atoms with Crippen LogP contribution >= 0.6 is 0 Å². The summed E-state index contributed by atoms with van der Waals surface area (Å²) >= 11 is 0. The maximum atomic E-state index is 5.98. The Morgan fingerprint density at radius 1 is 1.05 bits per heavy atom. The summed E-state index contributed by atoms with van der Waals surface area (Å²) in [6.45, 7) is 4.51. The van der Waals surface area contributed by atoms with Crippen LogP contribution in [0.1, 0.15) is 33.1 Å². The summed E-state index contributed by atoms with van der Waals surface area (Å²) in [7, 11) is 4.16. The van der Waals surface area contributed by atoms with Crippen LogP contribution in [0, 0.1) is 0 Å². The Bertz CT molecular complexity index is 1290. The molecule has 5 N–H and O–H groups in total. The molecular weight excluding hydrogens is 472 g/mol.